The van der Waals surface area contributed by atoms with E-state index in [1.54, 1.807) is 7.11 Å². The number of likely N-dealkylation sites (tertiary alicyclic amines) is 1. The molecule has 3 rings (SSSR count). The molecular weight excluding hydrogens is 292 g/mol. The third-order valence-electron chi connectivity index (χ3n) is 4.74. The second kappa shape index (κ2) is 7.79. The zero-order valence-electron chi connectivity index (χ0n) is 13.8. The Morgan fingerprint density at radius 2 is 2.30 bits per heavy atom. The van der Waals surface area contributed by atoms with Gasteiger partial charge in [-0.05, 0) is 49.9 Å². The quantitative estimate of drug-likeness (QED) is 0.873. The number of nitrogens with one attached hydrogen (secondary N) is 1. The van der Waals surface area contributed by atoms with Crippen LogP contribution >= 0.6 is 0 Å². The summed E-state index contributed by atoms with van der Waals surface area (Å²) in [6.45, 7) is 2.88. The number of hydrogen-bond acceptors (Lipinski definition) is 4. The number of carbonyl (C=O) groups is 1. The van der Waals surface area contributed by atoms with Crippen LogP contribution in [0.2, 0.25) is 0 Å². The van der Waals surface area contributed by atoms with Crippen LogP contribution in [0.25, 0.3) is 0 Å². The molecule has 126 valence electrons. The molecule has 0 aliphatic carbocycles. The average Bonchev–Trinajstić information content (AvgIpc) is 3.24. The summed E-state index contributed by atoms with van der Waals surface area (Å²) in [5, 5.41) is 3.02. The van der Waals surface area contributed by atoms with E-state index in [1.807, 2.05) is 12.1 Å². The van der Waals surface area contributed by atoms with Gasteiger partial charge in [-0.15, -0.1) is 0 Å². The van der Waals surface area contributed by atoms with Crippen molar-refractivity contribution in [1.82, 2.24) is 10.2 Å². The Morgan fingerprint density at radius 3 is 3.09 bits per heavy atom. The van der Waals surface area contributed by atoms with Crippen LogP contribution in [-0.4, -0.2) is 50.3 Å². The minimum atomic E-state index is 0.0929. The van der Waals surface area contributed by atoms with Gasteiger partial charge in [0.25, 0.3) is 0 Å². The minimum Gasteiger partial charge on any atom is -0.497 e. The highest BCUT2D eigenvalue weighted by Crippen LogP contribution is 2.33. The molecule has 2 aliphatic heterocycles. The first-order chi connectivity index (χ1) is 11.3. The first kappa shape index (κ1) is 16.3. The van der Waals surface area contributed by atoms with Crippen molar-refractivity contribution in [3.05, 3.63) is 29.8 Å². The van der Waals surface area contributed by atoms with E-state index in [-0.39, 0.29) is 12.0 Å². The number of benzene rings is 1. The van der Waals surface area contributed by atoms with Gasteiger partial charge in [-0.1, -0.05) is 12.1 Å². The predicted octanol–water partition coefficient (Wildman–Crippen LogP) is 2.13. The third kappa shape index (κ3) is 4.24. The van der Waals surface area contributed by atoms with E-state index in [9.17, 15) is 4.79 Å². The van der Waals surface area contributed by atoms with Crippen LogP contribution in [0.15, 0.2) is 24.3 Å². The van der Waals surface area contributed by atoms with Crippen molar-refractivity contribution in [3.8, 4) is 5.75 Å². The zero-order valence-corrected chi connectivity index (χ0v) is 13.8. The van der Waals surface area contributed by atoms with Gasteiger partial charge in [-0.25, -0.2) is 0 Å². The molecule has 2 aliphatic rings. The van der Waals surface area contributed by atoms with Gasteiger partial charge in [0.1, 0.15) is 5.75 Å². The molecule has 23 heavy (non-hydrogen) atoms. The van der Waals surface area contributed by atoms with Gasteiger partial charge < -0.3 is 14.8 Å². The van der Waals surface area contributed by atoms with Gasteiger partial charge in [-0.2, -0.15) is 0 Å². The Morgan fingerprint density at radius 1 is 1.39 bits per heavy atom. The Bertz CT molecular complexity index is 529. The lowest BCUT2D eigenvalue weighted by Gasteiger charge is -2.24. The molecule has 2 heterocycles. The standard InChI is InChI=1S/C18H26N2O3/c1-22-15-6-2-5-14(11-15)17-8-3-9-20(17)13-18(21)19-12-16-7-4-10-23-16/h2,5-6,11,16-17H,3-4,7-10,12-13H2,1H3,(H,19,21). The van der Waals surface area contributed by atoms with Crippen molar-refractivity contribution >= 4 is 5.91 Å². The number of methoxy groups -OCH3 is 1. The van der Waals surface area contributed by atoms with E-state index in [0.29, 0.717) is 19.1 Å². The summed E-state index contributed by atoms with van der Waals surface area (Å²) in [6.07, 6.45) is 4.57. The summed E-state index contributed by atoms with van der Waals surface area (Å²) < 4.78 is 10.9. The van der Waals surface area contributed by atoms with Crippen LogP contribution < -0.4 is 10.1 Å². The highest BCUT2D eigenvalue weighted by Gasteiger charge is 2.28. The van der Waals surface area contributed by atoms with Crippen molar-refractivity contribution in [2.75, 3.05) is 33.4 Å². The summed E-state index contributed by atoms with van der Waals surface area (Å²) >= 11 is 0. The molecule has 2 fully saturated rings. The number of nitrogens with zero attached hydrogens (tertiary/aromatic N) is 1. The summed E-state index contributed by atoms with van der Waals surface area (Å²) in [7, 11) is 1.68. The van der Waals surface area contributed by atoms with Gasteiger partial charge in [0.2, 0.25) is 5.91 Å². The molecule has 5 nitrogen and oxygen atoms in total. The summed E-state index contributed by atoms with van der Waals surface area (Å²) in [5.74, 6) is 0.965. The number of carbonyl (C=O) groups excluding carboxylic acids is 1. The largest absolute Gasteiger partial charge is 0.497 e. The van der Waals surface area contributed by atoms with Crippen molar-refractivity contribution in [1.29, 1.82) is 0 Å². The monoisotopic (exact) mass is 318 g/mol. The molecular formula is C18H26N2O3. The fourth-order valence-corrected chi connectivity index (χ4v) is 3.52. The summed E-state index contributed by atoms with van der Waals surface area (Å²) in [4.78, 5) is 14.5. The van der Waals surface area contributed by atoms with Crippen molar-refractivity contribution < 1.29 is 14.3 Å². The summed E-state index contributed by atoms with van der Waals surface area (Å²) in [6, 6.07) is 8.47. The molecule has 2 atom stereocenters. The SMILES string of the molecule is COc1cccc(C2CCCN2CC(=O)NCC2CCCO2)c1. The smallest absolute Gasteiger partial charge is 0.234 e. The first-order valence-electron chi connectivity index (χ1n) is 8.52. The average molecular weight is 318 g/mol. The molecule has 0 saturated carbocycles. The fraction of sp³-hybridized carbons (Fsp3) is 0.611. The van der Waals surface area contributed by atoms with Crippen LogP contribution in [0.1, 0.15) is 37.3 Å². The van der Waals surface area contributed by atoms with Crippen molar-refractivity contribution in [2.24, 2.45) is 0 Å². The lowest BCUT2D eigenvalue weighted by molar-refractivity contribution is -0.123. The Kier molecular flexibility index (Phi) is 5.51. The highest BCUT2D eigenvalue weighted by atomic mass is 16.5. The molecule has 1 N–H and O–H groups in total. The van der Waals surface area contributed by atoms with Gasteiger partial charge in [0, 0.05) is 19.2 Å². The van der Waals surface area contributed by atoms with Gasteiger partial charge >= 0.3 is 0 Å². The van der Waals surface area contributed by atoms with E-state index >= 15 is 0 Å². The van der Waals surface area contributed by atoms with Crippen LogP contribution in [0.4, 0.5) is 0 Å². The maximum atomic E-state index is 12.2. The van der Waals surface area contributed by atoms with Crippen LogP contribution in [0, 0.1) is 0 Å². The maximum Gasteiger partial charge on any atom is 0.234 e. The molecule has 0 radical (unpaired) electrons. The van der Waals surface area contributed by atoms with Crippen LogP contribution in [-0.2, 0) is 9.53 Å². The molecule has 5 heteroatoms. The first-order valence-corrected chi connectivity index (χ1v) is 8.52. The molecule has 0 spiro atoms. The third-order valence-corrected chi connectivity index (χ3v) is 4.74. The molecule has 0 bridgehead atoms. The van der Waals surface area contributed by atoms with E-state index in [0.717, 1.165) is 44.6 Å². The van der Waals surface area contributed by atoms with E-state index in [1.165, 1.54) is 5.56 Å². The van der Waals surface area contributed by atoms with E-state index in [2.05, 4.69) is 22.3 Å². The molecule has 2 saturated heterocycles. The van der Waals surface area contributed by atoms with Crippen molar-refractivity contribution in [3.63, 3.8) is 0 Å². The van der Waals surface area contributed by atoms with Crippen LogP contribution in [0.5, 0.6) is 5.75 Å². The zero-order chi connectivity index (χ0) is 16.1. The lowest BCUT2D eigenvalue weighted by Crippen LogP contribution is -2.39. The number of rotatable bonds is 6. The van der Waals surface area contributed by atoms with Gasteiger partial charge in [-0.3, -0.25) is 9.69 Å². The molecule has 1 aromatic carbocycles. The second-order valence-electron chi connectivity index (χ2n) is 6.34. The fourth-order valence-electron chi connectivity index (χ4n) is 3.52. The lowest BCUT2D eigenvalue weighted by atomic mass is 10.0. The number of amides is 1. The van der Waals surface area contributed by atoms with Gasteiger partial charge in [0.15, 0.2) is 0 Å². The molecule has 2 unspecified atom stereocenters. The maximum absolute atomic E-state index is 12.2. The molecule has 1 aromatic rings. The topological polar surface area (TPSA) is 50.8 Å². The highest BCUT2D eigenvalue weighted by molar-refractivity contribution is 5.78. The minimum absolute atomic E-state index is 0.0929. The number of ether oxygens (including phenoxy) is 2. The molecule has 0 aromatic heterocycles. The molecule has 1 amide bonds. The Labute approximate surface area is 137 Å². The Hall–Kier alpha value is -1.59. The Balaban J connectivity index is 1.54. The predicted molar refractivity (Wildman–Crippen MR) is 88.5 cm³/mol. The van der Waals surface area contributed by atoms with Crippen molar-refractivity contribution in [2.45, 2.75) is 37.8 Å². The van der Waals surface area contributed by atoms with E-state index < -0.39 is 0 Å². The van der Waals surface area contributed by atoms with Crippen LogP contribution in [0.3, 0.4) is 0 Å². The van der Waals surface area contributed by atoms with E-state index in [4.69, 9.17) is 9.47 Å². The second-order valence-corrected chi connectivity index (χ2v) is 6.34. The van der Waals surface area contributed by atoms with Gasteiger partial charge in [0.05, 0.1) is 19.8 Å². The number of hydrogen-bond donors (Lipinski definition) is 1. The normalized spacial score (nSPS) is 24.7. The summed E-state index contributed by atoms with van der Waals surface area (Å²) in [5.41, 5.74) is 1.23.